The molecule has 3 heteroatoms. The van der Waals surface area contributed by atoms with Gasteiger partial charge in [-0.25, -0.2) is 4.39 Å². The minimum Gasteiger partial charge on any atom is -0.383 e. The molecule has 3 rings (SSSR count). The highest BCUT2D eigenvalue weighted by atomic mass is 19.1. The molecule has 0 amide bonds. The molecule has 0 unspecified atom stereocenters. The minimum absolute atomic E-state index is 0.190. The summed E-state index contributed by atoms with van der Waals surface area (Å²) in [6.07, 6.45) is 2.22. The van der Waals surface area contributed by atoms with Crippen LogP contribution in [0.5, 0.6) is 0 Å². The van der Waals surface area contributed by atoms with Crippen LogP contribution < -0.4 is 10.2 Å². The lowest BCUT2D eigenvalue weighted by Gasteiger charge is -2.29. The SMILES string of the molecule is Fc1cccc(N2CCCCNc3ccccc32)c1. The summed E-state index contributed by atoms with van der Waals surface area (Å²) < 4.78 is 13.4. The van der Waals surface area contributed by atoms with E-state index in [9.17, 15) is 4.39 Å². The Morgan fingerprint density at radius 2 is 1.89 bits per heavy atom. The van der Waals surface area contributed by atoms with Crippen molar-refractivity contribution in [2.24, 2.45) is 0 Å². The molecule has 0 fully saturated rings. The average Bonchev–Trinajstić information content (AvgIpc) is 2.40. The zero-order valence-corrected chi connectivity index (χ0v) is 10.8. The van der Waals surface area contributed by atoms with Crippen LogP contribution >= 0.6 is 0 Å². The maximum Gasteiger partial charge on any atom is 0.125 e. The van der Waals surface area contributed by atoms with Crippen LogP contribution in [0.1, 0.15) is 12.8 Å². The molecule has 1 aliphatic rings. The third-order valence-corrected chi connectivity index (χ3v) is 3.44. The van der Waals surface area contributed by atoms with Crippen LogP contribution in [0.25, 0.3) is 0 Å². The average molecular weight is 256 g/mol. The Kier molecular flexibility index (Phi) is 3.36. The molecule has 19 heavy (non-hydrogen) atoms. The first-order valence-corrected chi connectivity index (χ1v) is 6.70. The third-order valence-electron chi connectivity index (χ3n) is 3.44. The lowest BCUT2D eigenvalue weighted by Crippen LogP contribution is -2.23. The molecule has 0 aliphatic carbocycles. The molecule has 98 valence electrons. The van der Waals surface area contributed by atoms with E-state index in [0.717, 1.165) is 43.0 Å². The Morgan fingerprint density at radius 1 is 1.00 bits per heavy atom. The summed E-state index contributed by atoms with van der Waals surface area (Å²) >= 11 is 0. The second-order valence-electron chi connectivity index (χ2n) is 4.78. The summed E-state index contributed by atoms with van der Waals surface area (Å²) in [7, 11) is 0. The number of hydrogen-bond donors (Lipinski definition) is 1. The Balaban J connectivity index is 2.05. The standard InChI is InChI=1S/C16H17FN2/c17-13-6-5-7-14(12-13)19-11-4-3-10-18-15-8-1-2-9-16(15)19/h1-2,5-9,12,18H,3-4,10-11H2. The highest BCUT2D eigenvalue weighted by Gasteiger charge is 2.15. The number of rotatable bonds is 1. The van der Waals surface area contributed by atoms with Gasteiger partial charge in [0.25, 0.3) is 0 Å². The smallest absolute Gasteiger partial charge is 0.125 e. The summed E-state index contributed by atoms with van der Waals surface area (Å²) in [5.41, 5.74) is 3.15. The van der Waals surface area contributed by atoms with Crippen molar-refractivity contribution in [3.05, 3.63) is 54.3 Å². The van der Waals surface area contributed by atoms with Crippen LogP contribution in [0.4, 0.5) is 21.5 Å². The highest BCUT2D eigenvalue weighted by Crippen LogP contribution is 2.33. The van der Waals surface area contributed by atoms with Crippen LogP contribution in [0.15, 0.2) is 48.5 Å². The molecular formula is C16H17FN2. The van der Waals surface area contributed by atoms with Gasteiger partial charge in [0.1, 0.15) is 5.82 Å². The number of nitrogens with zero attached hydrogens (tertiary/aromatic N) is 1. The number of hydrogen-bond acceptors (Lipinski definition) is 2. The topological polar surface area (TPSA) is 15.3 Å². The van der Waals surface area contributed by atoms with E-state index in [0.29, 0.717) is 0 Å². The summed E-state index contributed by atoms with van der Waals surface area (Å²) in [5, 5.41) is 3.44. The highest BCUT2D eigenvalue weighted by molar-refractivity contribution is 5.76. The first-order valence-electron chi connectivity index (χ1n) is 6.70. The molecule has 0 atom stereocenters. The Bertz CT molecular complexity index is 568. The Hall–Kier alpha value is -2.03. The van der Waals surface area contributed by atoms with Crippen molar-refractivity contribution in [2.45, 2.75) is 12.8 Å². The lowest BCUT2D eigenvalue weighted by atomic mass is 10.1. The molecule has 2 aromatic carbocycles. The molecule has 0 spiro atoms. The van der Waals surface area contributed by atoms with Crippen LogP contribution in [0.3, 0.4) is 0 Å². The van der Waals surface area contributed by atoms with Crippen molar-refractivity contribution < 1.29 is 4.39 Å². The Morgan fingerprint density at radius 3 is 2.79 bits per heavy atom. The van der Waals surface area contributed by atoms with Gasteiger partial charge in [0.05, 0.1) is 11.4 Å². The third kappa shape index (κ3) is 2.55. The maximum absolute atomic E-state index is 13.4. The van der Waals surface area contributed by atoms with Gasteiger partial charge in [-0.05, 0) is 43.2 Å². The van der Waals surface area contributed by atoms with Crippen molar-refractivity contribution in [1.29, 1.82) is 0 Å². The molecule has 1 heterocycles. The van der Waals surface area contributed by atoms with Crippen molar-refractivity contribution >= 4 is 17.1 Å². The predicted molar refractivity (Wildman–Crippen MR) is 77.6 cm³/mol. The molecule has 1 aliphatic heterocycles. The number of halogens is 1. The number of anilines is 3. The molecule has 2 nitrogen and oxygen atoms in total. The fraction of sp³-hybridized carbons (Fsp3) is 0.250. The van der Waals surface area contributed by atoms with E-state index in [1.54, 1.807) is 12.1 Å². The van der Waals surface area contributed by atoms with E-state index in [4.69, 9.17) is 0 Å². The molecule has 1 N–H and O–H groups in total. The van der Waals surface area contributed by atoms with E-state index in [2.05, 4.69) is 22.3 Å². The van der Waals surface area contributed by atoms with Gasteiger partial charge in [-0.3, -0.25) is 0 Å². The number of fused-ring (bicyclic) bond motifs is 1. The first-order chi connectivity index (χ1) is 9.34. The quantitative estimate of drug-likeness (QED) is 0.823. The van der Waals surface area contributed by atoms with Crippen molar-refractivity contribution in [1.82, 2.24) is 0 Å². The number of nitrogens with one attached hydrogen (secondary N) is 1. The summed E-state index contributed by atoms with van der Waals surface area (Å²) in [5.74, 6) is -0.190. The zero-order valence-electron chi connectivity index (χ0n) is 10.8. The van der Waals surface area contributed by atoms with Gasteiger partial charge in [0, 0.05) is 18.8 Å². The molecule has 0 radical (unpaired) electrons. The van der Waals surface area contributed by atoms with E-state index in [1.807, 2.05) is 18.2 Å². The predicted octanol–water partition coefficient (Wildman–Crippen LogP) is 4.17. The molecule has 2 aromatic rings. The summed E-state index contributed by atoms with van der Waals surface area (Å²) in [6, 6.07) is 15.0. The van der Waals surface area contributed by atoms with Gasteiger partial charge in [-0.2, -0.15) is 0 Å². The van der Waals surface area contributed by atoms with Gasteiger partial charge >= 0.3 is 0 Å². The van der Waals surface area contributed by atoms with Gasteiger partial charge in [0.15, 0.2) is 0 Å². The van der Waals surface area contributed by atoms with Crippen LogP contribution in [0.2, 0.25) is 0 Å². The molecular weight excluding hydrogens is 239 g/mol. The number of para-hydroxylation sites is 2. The second-order valence-corrected chi connectivity index (χ2v) is 4.78. The van der Waals surface area contributed by atoms with E-state index < -0.39 is 0 Å². The second kappa shape index (κ2) is 5.31. The van der Waals surface area contributed by atoms with Crippen LogP contribution in [-0.2, 0) is 0 Å². The zero-order chi connectivity index (χ0) is 13.1. The van der Waals surface area contributed by atoms with Crippen molar-refractivity contribution in [3.63, 3.8) is 0 Å². The molecule has 0 bridgehead atoms. The minimum atomic E-state index is -0.190. The monoisotopic (exact) mass is 256 g/mol. The lowest BCUT2D eigenvalue weighted by molar-refractivity contribution is 0.627. The van der Waals surface area contributed by atoms with Crippen LogP contribution in [0, 0.1) is 5.82 Å². The number of benzene rings is 2. The van der Waals surface area contributed by atoms with Gasteiger partial charge in [0.2, 0.25) is 0 Å². The normalized spacial score (nSPS) is 15.1. The molecule has 0 saturated carbocycles. The fourth-order valence-corrected chi connectivity index (χ4v) is 2.51. The van der Waals surface area contributed by atoms with Gasteiger partial charge in [-0.1, -0.05) is 18.2 Å². The van der Waals surface area contributed by atoms with Crippen molar-refractivity contribution in [3.8, 4) is 0 Å². The van der Waals surface area contributed by atoms with E-state index >= 15 is 0 Å². The first kappa shape index (κ1) is 12.0. The molecule has 0 aromatic heterocycles. The molecule has 0 saturated heterocycles. The largest absolute Gasteiger partial charge is 0.383 e. The van der Waals surface area contributed by atoms with E-state index in [-0.39, 0.29) is 5.82 Å². The van der Waals surface area contributed by atoms with E-state index in [1.165, 1.54) is 6.07 Å². The van der Waals surface area contributed by atoms with Gasteiger partial charge in [-0.15, -0.1) is 0 Å². The Labute approximate surface area is 112 Å². The van der Waals surface area contributed by atoms with Crippen molar-refractivity contribution in [2.75, 3.05) is 23.3 Å². The summed E-state index contributed by atoms with van der Waals surface area (Å²) in [4.78, 5) is 2.19. The van der Waals surface area contributed by atoms with Gasteiger partial charge < -0.3 is 10.2 Å². The van der Waals surface area contributed by atoms with Crippen LogP contribution in [-0.4, -0.2) is 13.1 Å². The summed E-state index contributed by atoms with van der Waals surface area (Å²) in [6.45, 7) is 1.91. The maximum atomic E-state index is 13.4. The fourth-order valence-electron chi connectivity index (χ4n) is 2.51.